The molecule has 0 aliphatic heterocycles. The van der Waals surface area contributed by atoms with Gasteiger partial charge in [-0.3, -0.25) is 4.31 Å². The number of anilines is 1. The molecule has 32 heavy (non-hydrogen) atoms. The van der Waals surface area contributed by atoms with Crippen LogP contribution in [0.2, 0.25) is 0 Å². The first-order valence-corrected chi connectivity index (χ1v) is 10.8. The molecule has 0 bridgehead atoms. The van der Waals surface area contributed by atoms with Crippen molar-refractivity contribution in [2.24, 2.45) is 0 Å². The van der Waals surface area contributed by atoms with Crippen LogP contribution >= 0.6 is 0 Å². The zero-order valence-corrected chi connectivity index (χ0v) is 17.6. The standard InChI is InChI=1S/C22H19F4NO4S/c1-14-7-9-17(10-8-14)32(29,30)27(22-20(25)18(23)11-19(24)21(22)26)12-15(28)13-31-16-5-3-2-4-6-16/h2-11,15,28H,12-13H2,1H3. The molecule has 0 spiro atoms. The monoisotopic (exact) mass is 469 g/mol. The molecule has 0 aliphatic rings. The van der Waals surface area contributed by atoms with E-state index in [0.29, 0.717) is 11.3 Å². The first kappa shape index (κ1) is 23.6. The van der Waals surface area contributed by atoms with Crippen molar-refractivity contribution in [3.05, 3.63) is 89.5 Å². The third-order valence-corrected chi connectivity index (χ3v) is 6.29. The molecule has 5 nitrogen and oxygen atoms in total. The number of benzene rings is 3. The second-order valence-corrected chi connectivity index (χ2v) is 8.81. The summed E-state index contributed by atoms with van der Waals surface area (Å²) in [6, 6.07) is 13.4. The molecular formula is C22H19F4NO4S. The third-order valence-electron chi connectivity index (χ3n) is 4.51. The van der Waals surface area contributed by atoms with Crippen molar-refractivity contribution in [1.82, 2.24) is 0 Å². The van der Waals surface area contributed by atoms with Crippen LogP contribution in [0.4, 0.5) is 23.2 Å². The lowest BCUT2D eigenvalue weighted by Gasteiger charge is -2.27. The van der Waals surface area contributed by atoms with Crippen LogP contribution in [0.25, 0.3) is 0 Å². The first-order chi connectivity index (χ1) is 15.1. The Labute approximate surface area is 182 Å². The minimum absolute atomic E-state index is 0.0280. The van der Waals surface area contributed by atoms with Gasteiger partial charge in [-0.05, 0) is 31.2 Å². The molecule has 1 atom stereocenters. The topological polar surface area (TPSA) is 66.8 Å². The van der Waals surface area contributed by atoms with E-state index in [1.54, 1.807) is 37.3 Å². The van der Waals surface area contributed by atoms with Crippen molar-refractivity contribution in [1.29, 1.82) is 0 Å². The van der Waals surface area contributed by atoms with E-state index in [4.69, 9.17) is 4.74 Å². The van der Waals surface area contributed by atoms with E-state index in [9.17, 15) is 31.1 Å². The molecule has 170 valence electrons. The highest BCUT2D eigenvalue weighted by Gasteiger charge is 2.34. The summed E-state index contributed by atoms with van der Waals surface area (Å²) in [6.45, 7) is 0.310. The maximum atomic E-state index is 14.5. The smallest absolute Gasteiger partial charge is 0.264 e. The summed E-state index contributed by atoms with van der Waals surface area (Å²) in [5.41, 5.74) is -0.761. The lowest BCUT2D eigenvalue weighted by atomic mass is 10.2. The van der Waals surface area contributed by atoms with Crippen molar-refractivity contribution < 1.29 is 35.8 Å². The number of sulfonamides is 1. The predicted octanol–water partition coefficient (Wildman–Crippen LogP) is 4.19. The van der Waals surface area contributed by atoms with Gasteiger partial charge in [-0.15, -0.1) is 0 Å². The average molecular weight is 469 g/mol. The van der Waals surface area contributed by atoms with Crippen LogP contribution in [0.3, 0.4) is 0 Å². The van der Waals surface area contributed by atoms with Gasteiger partial charge in [0.25, 0.3) is 10.0 Å². The molecule has 0 aromatic heterocycles. The molecular weight excluding hydrogens is 450 g/mol. The number of para-hydroxylation sites is 1. The molecule has 1 N–H and O–H groups in total. The van der Waals surface area contributed by atoms with E-state index in [0.717, 1.165) is 0 Å². The molecule has 3 aromatic rings. The summed E-state index contributed by atoms with van der Waals surface area (Å²) in [5.74, 6) is -7.02. The van der Waals surface area contributed by atoms with E-state index in [-0.39, 0.29) is 15.3 Å². The number of aryl methyl sites for hydroxylation is 1. The van der Waals surface area contributed by atoms with Crippen LogP contribution in [-0.2, 0) is 10.0 Å². The minimum atomic E-state index is -4.72. The van der Waals surface area contributed by atoms with Crippen LogP contribution in [0, 0.1) is 30.2 Å². The zero-order chi connectivity index (χ0) is 23.5. The molecule has 1 unspecified atom stereocenters. The van der Waals surface area contributed by atoms with Gasteiger partial charge in [0.2, 0.25) is 0 Å². The summed E-state index contributed by atoms with van der Waals surface area (Å²) in [6.07, 6.45) is -1.60. The quantitative estimate of drug-likeness (QED) is 0.397. The lowest BCUT2D eigenvalue weighted by Crippen LogP contribution is -2.41. The molecule has 3 aromatic carbocycles. The maximum absolute atomic E-state index is 14.5. The molecule has 0 aliphatic carbocycles. The Balaban J connectivity index is 2.01. The number of hydrogen-bond acceptors (Lipinski definition) is 4. The highest BCUT2D eigenvalue weighted by Crippen LogP contribution is 2.32. The van der Waals surface area contributed by atoms with Crippen LogP contribution in [0.5, 0.6) is 5.75 Å². The van der Waals surface area contributed by atoms with Gasteiger partial charge in [0, 0.05) is 6.07 Å². The molecule has 0 saturated carbocycles. The van der Waals surface area contributed by atoms with E-state index in [1.165, 1.54) is 24.3 Å². The SMILES string of the molecule is Cc1ccc(S(=O)(=O)N(CC(O)COc2ccccc2)c2c(F)c(F)cc(F)c2F)cc1. The molecule has 0 saturated heterocycles. The third kappa shape index (κ3) is 5.03. The minimum Gasteiger partial charge on any atom is -0.491 e. The fourth-order valence-corrected chi connectivity index (χ4v) is 4.38. The molecule has 0 heterocycles. The highest BCUT2D eigenvalue weighted by molar-refractivity contribution is 7.92. The van der Waals surface area contributed by atoms with Crippen LogP contribution in [0.1, 0.15) is 5.56 Å². The Morgan fingerprint density at radius 3 is 2.06 bits per heavy atom. The Kier molecular flexibility index (Phi) is 7.05. The van der Waals surface area contributed by atoms with Crippen molar-refractivity contribution in [3.63, 3.8) is 0 Å². The van der Waals surface area contributed by atoms with E-state index in [2.05, 4.69) is 0 Å². The first-order valence-electron chi connectivity index (χ1n) is 9.39. The van der Waals surface area contributed by atoms with Gasteiger partial charge in [0.05, 0.1) is 11.4 Å². The van der Waals surface area contributed by atoms with Crippen LogP contribution < -0.4 is 9.04 Å². The Bertz CT molecular complexity index is 1160. The molecule has 10 heteroatoms. The van der Waals surface area contributed by atoms with Crippen LogP contribution in [-0.4, -0.2) is 32.8 Å². The predicted molar refractivity (Wildman–Crippen MR) is 110 cm³/mol. The number of hydrogen-bond donors (Lipinski definition) is 1. The Hall–Kier alpha value is -3.11. The largest absolute Gasteiger partial charge is 0.491 e. The number of ether oxygens (including phenoxy) is 1. The lowest BCUT2D eigenvalue weighted by molar-refractivity contribution is 0.114. The maximum Gasteiger partial charge on any atom is 0.264 e. The zero-order valence-electron chi connectivity index (χ0n) is 16.8. The Morgan fingerprint density at radius 2 is 1.50 bits per heavy atom. The van der Waals surface area contributed by atoms with Crippen molar-refractivity contribution in [2.75, 3.05) is 17.5 Å². The fourth-order valence-electron chi connectivity index (χ4n) is 2.88. The number of nitrogens with zero attached hydrogens (tertiary/aromatic N) is 1. The molecule has 0 fully saturated rings. The van der Waals surface area contributed by atoms with Gasteiger partial charge >= 0.3 is 0 Å². The average Bonchev–Trinajstić information content (AvgIpc) is 2.77. The van der Waals surface area contributed by atoms with Crippen LogP contribution in [0.15, 0.2) is 65.6 Å². The summed E-state index contributed by atoms with van der Waals surface area (Å²) in [5, 5.41) is 10.4. The van der Waals surface area contributed by atoms with Gasteiger partial charge in [-0.2, -0.15) is 0 Å². The van der Waals surface area contributed by atoms with Gasteiger partial charge in [0.1, 0.15) is 24.1 Å². The molecule has 0 amide bonds. The second-order valence-electron chi connectivity index (χ2n) is 6.94. The van der Waals surface area contributed by atoms with Gasteiger partial charge in [-0.25, -0.2) is 26.0 Å². The van der Waals surface area contributed by atoms with E-state index < -0.39 is 58.2 Å². The Morgan fingerprint density at radius 1 is 0.938 bits per heavy atom. The summed E-state index contributed by atoms with van der Waals surface area (Å²) in [4.78, 5) is -0.386. The fraction of sp³-hybridized carbons (Fsp3) is 0.182. The normalized spacial score (nSPS) is 12.4. The summed E-state index contributed by atoms with van der Waals surface area (Å²) < 4.78 is 88.5. The number of rotatable bonds is 8. The number of halogens is 4. The number of aliphatic hydroxyl groups is 1. The highest BCUT2D eigenvalue weighted by atomic mass is 32.2. The van der Waals surface area contributed by atoms with Gasteiger partial charge in [-0.1, -0.05) is 35.9 Å². The van der Waals surface area contributed by atoms with Crippen molar-refractivity contribution >= 4 is 15.7 Å². The summed E-state index contributed by atoms with van der Waals surface area (Å²) >= 11 is 0. The van der Waals surface area contributed by atoms with Gasteiger partial charge in [0.15, 0.2) is 23.3 Å². The van der Waals surface area contributed by atoms with E-state index in [1.807, 2.05) is 0 Å². The summed E-state index contributed by atoms with van der Waals surface area (Å²) in [7, 11) is -4.72. The molecule has 0 radical (unpaired) electrons. The molecule has 3 rings (SSSR count). The second kappa shape index (κ2) is 9.58. The van der Waals surface area contributed by atoms with Crippen molar-refractivity contribution in [2.45, 2.75) is 17.9 Å². The number of aliphatic hydroxyl groups excluding tert-OH is 1. The van der Waals surface area contributed by atoms with E-state index >= 15 is 0 Å². The van der Waals surface area contributed by atoms with Crippen molar-refractivity contribution in [3.8, 4) is 5.75 Å². The van der Waals surface area contributed by atoms with Gasteiger partial charge < -0.3 is 9.84 Å².